The van der Waals surface area contributed by atoms with Crippen LogP contribution in [0.3, 0.4) is 0 Å². The van der Waals surface area contributed by atoms with Gasteiger partial charge in [0, 0.05) is 11.8 Å². The highest BCUT2D eigenvalue weighted by Crippen LogP contribution is 2.33. The lowest BCUT2D eigenvalue weighted by Crippen LogP contribution is -2.29. The smallest absolute Gasteiger partial charge is 0.342 e. The van der Waals surface area contributed by atoms with Crippen molar-refractivity contribution in [3.63, 3.8) is 0 Å². The zero-order valence-electron chi connectivity index (χ0n) is 18.6. The van der Waals surface area contributed by atoms with Crippen LogP contribution >= 0.6 is 13.5 Å². The third-order valence-corrected chi connectivity index (χ3v) is 5.10. The van der Waals surface area contributed by atoms with Crippen LogP contribution in [0.2, 0.25) is 0 Å². The molecule has 0 aliphatic rings. The summed E-state index contributed by atoms with van der Waals surface area (Å²) < 4.78 is 55.2. The van der Waals surface area contributed by atoms with E-state index in [0.717, 1.165) is 24.3 Å². The minimum atomic E-state index is -4.70. The Bertz CT molecular complexity index is 1410. The van der Waals surface area contributed by atoms with Crippen molar-refractivity contribution in [3.8, 4) is 23.0 Å². The van der Waals surface area contributed by atoms with Gasteiger partial charge in [-0.1, -0.05) is 12.1 Å². The lowest BCUT2D eigenvalue weighted by atomic mass is 9.99. The maximum Gasteiger partial charge on any atom is 0.416 e. The fourth-order valence-electron chi connectivity index (χ4n) is 3.38. The second-order valence-electron chi connectivity index (χ2n) is 7.55. The first-order valence-electron chi connectivity index (χ1n) is 10.2. The van der Waals surface area contributed by atoms with E-state index < -0.39 is 29.5 Å². The molecule has 1 amide bonds. The fourth-order valence-corrected chi connectivity index (χ4v) is 3.38. The van der Waals surface area contributed by atoms with Gasteiger partial charge in [-0.25, -0.2) is 14.4 Å². The van der Waals surface area contributed by atoms with E-state index in [1.54, 1.807) is 13.0 Å². The van der Waals surface area contributed by atoms with E-state index >= 15 is 0 Å². The van der Waals surface area contributed by atoms with Crippen LogP contribution in [0.25, 0.3) is 16.9 Å². The first kappa shape index (κ1) is 26.4. The summed E-state index contributed by atoms with van der Waals surface area (Å²) in [4.78, 5) is 21.2. The van der Waals surface area contributed by atoms with Gasteiger partial charge in [0.05, 0.1) is 17.2 Å². The molecule has 1 N–H and O–H groups in total. The van der Waals surface area contributed by atoms with Crippen LogP contribution in [0.1, 0.15) is 40.3 Å². The molecule has 0 aliphatic heterocycles. The summed E-state index contributed by atoms with van der Waals surface area (Å²) >= 11 is 0. The molecule has 184 valence electrons. The molecule has 4 aromatic rings. The van der Waals surface area contributed by atoms with Gasteiger partial charge in [-0.15, -0.1) is 0 Å². The zero-order chi connectivity index (χ0) is 25.2. The van der Waals surface area contributed by atoms with Gasteiger partial charge < -0.3 is 5.32 Å². The van der Waals surface area contributed by atoms with E-state index in [9.17, 15) is 22.4 Å². The number of carbonyl (C=O) groups excluding carboxylic acids is 1. The number of nitriles is 1. The predicted octanol–water partition coefficient (Wildman–Crippen LogP) is 4.96. The van der Waals surface area contributed by atoms with Crippen LogP contribution in [-0.2, 0) is 6.18 Å². The van der Waals surface area contributed by atoms with Gasteiger partial charge in [-0.05, 0) is 60.5 Å². The number of hydrogen-bond acceptors (Lipinski definition) is 5. The Kier molecular flexibility index (Phi) is 7.74. The average Bonchev–Trinajstić information content (AvgIpc) is 3.34. The molecule has 0 radical (unpaired) electrons. The van der Waals surface area contributed by atoms with Crippen molar-refractivity contribution in [2.75, 3.05) is 0 Å². The second kappa shape index (κ2) is 10.6. The minimum absolute atomic E-state index is 0. The number of nitrogens with zero attached hydrogens (tertiary/aromatic N) is 5. The minimum Gasteiger partial charge on any atom is -0.342 e. The van der Waals surface area contributed by atoms with E-state index in [1.165, 1.54) is 41.5 Å². The Labute approximate surface area is 209 Å². The maximum atomic E-state index is 13.5. The third kappa shape index (κ3) is 5.69. The molecule has 0 saturated carbocycles. The number of carbonyl (C=O) groups is 1. The van der Waals surface area contributed by atoms with Crippen molar-refractivity contribution in [2.24, 2.45) is 0 Å². The summed E-state index contributed by atoms with van der Waals surface area (Å²) in [6.07, 6.45) is -2.10. The van der Waals surface area contributed by atoms with Crippen molar-refractivity contribution in [1.82, 2.24) is 25.1 Å². The monoisotopic (exact) mass is 514 g/mol. The standard InChI is InChI=1S/C24H16F4N6O.H2S/c1-14(22-31-13-32-34(22)21-7-2-15(11-29)12-30-21)33-23(35)18-8-17(9-19(10-18)24(26,27)28)16-3-5-20(25)6-4-16;/h2-10,12-14H,1H3,(H,33,35);1H2/t14-;/m1./s1. The molecular weight excluding hydrogens is 496 g/mol. The molecular formula is C24H18F4N6OS. The molecule has 0 spiro atoms. The molecule has 0 aliphatic carbocycles. The molecule has 7 nitrogen and oxygen atoms in total. The number of nitrogens with one attached hydrogen (secondary N) is 1. The normalized spacial score (nSPS) is 11.8. The molecule has 2 aromatic carbocycles. The molecule has 0 fully saturated rings. The highest BCUT2D eigenvalue weighted by atomic mass is 32.1. The van der Waals surface area contributed by atoms with Gasteiger partial charge in [0.25, 0.3) is 5.91 Å². The van der Waals surface area contributed by atoms with Crippen LogP contribution in [0.5, 0.6) is 0 Å². The van der Waals surface area contributed by atoms with Gasteiger partial charge in [0.15, 0.2) is 11.6 Å². The highest BCUT2D eigenvalue weighted by molar-refractivity contribution is 7.59. The van der Waals surface area contributed by atoms with Gasteiger partial charge in [0.2, 0.25) is 0 Å². The summed E-state index contributed by atoms with van der Waals surface area (Å²) in [7, 11) is 0. The average molecular weight is 515 g/mol. The van der Waals surface area contributed by atoms with E-state index in [2.05, 4.69) is 20.4 Å². The quantitative estimate of drug-likeness (QED) is 0.380. The van der Waals surface area contributed by atoms with Crippen LogP contribution in [-0.4, -0.2) is 25.7 Å². The van der Waals surface area contributed by atoms with Crippen LogP contribution < -0.4 is 5.32 Å². The topological polar surface area (TPSA) is 96.5 Å². The fraction of sp³-hybridized carbons (Fsp3) is 0.125. The lowest BCUT2D eigenvalue weighted by Gasteiger charge is -2.16. The largest absolute Gasteiger partial charge is 0.416 e. The SMILES string of the molecule is C[C@@H](NC(=O)c1cc(-c2ccc(F)cc2)cc(C(F)(F)F)c1)c1ncnn1-c1ccc(C#N)cn1.S. The zero-order valence-corrected chi connectivity index (χ0v) is 19.6. The van der Waals surface area contributed by atoms with Crippen molar-refractivity contribution in [2.45, 2.75) is 19.1 Å². The second-order valence-corrected chi connectivity index (χ2v) is 7.55. The number of aromatic nitrogens is 4. The van der Waals surface area contributed by atoms with Crippen molar-refractivity contribution >= 4 is 19.4 Å². The molecule has 0 saturated heterocycles. The molecule has 1 atom stereocenters. The predicted molar refractivity (Wildman–Crippen MR) is 127 cm³/mol. The van der Waals surface area contributed by atoms with Gasteiger partial charge in [-0.2, -0.15) is 41.7 Å². The summed E-state index contributed by atoms with van der Waals surface area (Å²) in [5.74, 6) is -0.681. The summed E-state index contributed by atoms with van der Waals surface area (Å²) in [5.41, 5.74) is -0.456. The lowest BCUT2D eigenvalue weighted by molar-refractivity contribution is -0.137. The Balaban J connectivity index is 0.00000361. The molecule has 2 heterocycles. The highest BCUT2D eigenvalue weighted by Gasteiger charge is 2.32. The molecule has 0 bridgehead atoms. The van der Waals surface area contributed by atoms with Crippen LogP contribution in [0.15, 0.2) is 67.1 Å². The first-order chi connectivity index (χ1) is 16.7. The number of amides is 1. The number of halogens is 4. The number of benzene rings is 2. The van der Waals surface area contributed by atoms with Crippen molar-refractivity contribution < 1.29 is 22.4 Å². The molecule has 4 rings (SSSR count). The molecule has 0 unspecified atom stereocenters. The Morgan fingerprint density at radius 3 is 2.39 bits per heavy atom. The summed E-state index contributed by atoms with van der Waals surface area (Å²) in [6.45, 7) is 1.59. The van der Waals surface area contributed by atoms with Gasteiger partial charge >= 0.3 is 6.18 Å². The van der Waals surface area contributed by atoms with Gasteiger partial charge in [-0.3, -0.25) is 4.79 Å². The number of alkyl halides is 3. The van der Waals surface area contributed by atoms with E-state index in [-0.39, 0.29) is 30.4 Å². The Hall–Kier alpha value is -4.24. The van der Waals surface area contributed by atoms with Crippen molar-refractivity contribution in [1.29, 1.82) is 5.26 Å². The maximum absolute atomic E-state index is 13.5. The van der Waals surface area contributed by atoms with Gasteiger partial charge in [0.1, 0.15) is 18.2 Å². The molecule has 12 heteroatoms. The van der Waals surface area contributed by atoms with Crippen LogP contribution in [0, 0.1) is 17.1 Å². The first-order valence-corrected chi connectivity index (χ1v) is 10.2. The third-order valence-electron chi connectivity index (χ3n) is 5.10. The summed E-state index contributed by atoms with van der Waals surface area (Å²) in [6, 6.07) is 12.2. The van der Waals surface area contributed by atoms with Crippen LogP contribution in [0.4, 0.5) is 17.6 Å². The molecule has 36 heavy (non-hydrogen) atoms. The number of rotatable bonds is 5. The summed E-state index contributed by atoms with van der Waals surface area (Å²) in [5, 5.41) is 15.6. The number of hydrogen-bond donors (Lipinski definition) is 1. The molecule has 2 aromatic heterocycles. The van der Waals surface area contributed by atoms with Crippen molar-refractivity contribution in [3.05, 3.63) is 95.5 Å². The Morgan fingerprint density at radius 1 is 1.06 bits per heavy atom. The van der Waals surface area contributed by atoms with E-state index in [1.807, 2.05) is 6.07 Å². The van der Waals surface area contributed by atoms with E-state index in [0.29, 0.717) is 16.9 Å². The number of pyridine rings is 1. The van der Waals surface area contributed by atoms with E-state index in [4.69, 9.17) is 5.26 Å². The Morgan fingerprint density at radius 2 is 1.78 bits per heavy atom.